The number of halogens is 1. The molecule has 1 aliphatic rings. The van der Waals surface area contributed by atoms with Crippen LogP contribution in [-0.4, -0.2) is 28.0 Å². The van der Waals surface area contributed by atoms with Gasteiger partial charge in [0.1, 0.15) is 6.33 Å². The van der Waals surface area contributed by atoms with E-state index < -0.39 is 4.92 Å². The molecular formula is C23H24ClN5O2. The van der Waals surface area contributed by atoms with Gasteiger partial charge in [0, 0.05) is 23.8 Å². The second kappa shape index (κ2) is 9.31. The lowest BCUT2D eigenvalue weighted by molar-refractivity contribution is -0.383. The predicted molar refractivity (Wildman–Crippen MR) is 123 cm³/mol. The van der Waals surface area contributed by atoms with Crippen LogP contribution < -0.4 is 10.2 Å². The van der Waals surface area contributed by atoms with Crippen LogP contribution in [-0.2, 0) is 6.42 Å². The Kier molecular flexibility index (Phi) is 6.32. The van der Waals surface area contributed by atoms with Crippen molar-refractivity contribution < 1.29 is 4.92 Å². The first-order valence-corrected chi connectivity index (χ1v) is 10.7. The minimum atomic E-state index is -0.409. The highest BCUT2D eigenvalue weighted by atomic mass is 35.5. The smallest absolute Gasteiger partial charge is 0.351 e. The van der Waals surface area contributed by atoms with Crippen LogP contribution in [0, 0.1) is 23.0 Å². The molecule has 3 aromatic rings. The van der Waals surface area contributed by atoms with E-state index in [9.17, 15) is 10.1 Å². The first kappa shape index (κ1) is 21.1. The van der Waals surface area contributed by atoms with Crippen LogP contribution in [0.15, 0.2) is 54.9 Å². The maximum absolute atomic E-state index is 12.0. The Hall–Kier alpha value is -3.19. The molecule has 0 saturated carbocycles. The van der Waals surface area contributed by atoms with Crippen molar-refractivity contribution in [1.29, 1.82) is 0 Å². The van der Waals surface area contributed by atoms with Gasteiger partial charge in [0.2, 0.25) is 11.6 Å². The molecule has 1 saturated heterocycles. The van der Waals surface area contributed by atoms with E-state index in [-0.39, 0.29) is 11.5 Å². The SMILES string of the molecule is Cc1c(Cl)cccc1Nc1ncnc(N2CCC(Cc3ccccc3)CC2)c1[N+](=O)[O-]. The highest BCUT2D eigenvalue weighted by molar-refractivity contribution is 6.31. The van der Waals surface area contributed by atoms with Crippen LogP contribution in [0.1, 0.15) is 24.0 Å². The molecule has 0 amide bonds. The fourth-order valence-corrected chi connectivity index (χ4v) is 4.20. The first-order valence-electron chi connectivity index (χ1n) is 10.3. The highest BCUT2D eigenvalue weighted by Crippen LogP contribution is 2.37. The number of hydrogen-bond donors (Lipinski definition) is 1. The minimum absolute atomic E-state index is 0.108. The van der Waals surface area contributed by atoms with Gasteiger partial charge in [0.25, 0.3) is 0 Å². The average molecular weight is 438 g/mol. The molecular weight excluding hydrogens is 414 g/mol. The van der Waals surface area contributed by atoms with Gasteiger partial charge < -0.3 is 10.2 Å². The summed E-state index contributed by atoms with van der Waals surface area (Å²) < 4.78 is 0. The van der Waals surface area contributed by atoms with E-state index in [1.165, 1.54) is 11.9 Å². The summed E-state index contributed by atoms with van der Waals surface area (Å²) in [7, 11) is 0. The van der Waals surface area contributed by atoms with Crippen molar-refractivity contribution in [2.24, 2.45) is 5.92 Å². The number of hydrogen-bond acceptors (Lipinski definition) is 6. The molecule has 4 rings (SSSR count). The fraction of sp³-hybridized carbons (Fsp3) is 0.304. The highest BCUT2D eigenvalue weighted by Gasteiger charge is 2.30. The summed E-state index contributed by atoms with van der Waals surface area (Å²) in [6, 6.07) is 15.8. The van der Waals surface area contributed by atoms with E-state index in [2.05, 4.69) is 39.6 Å². The molecule has 1 N–H and O–H groups in total. The van der Waals surface area contributed by atoms with Crippen LogP contribution in [0.2, 0.25) is 5.02 Å². The molecule has 0 spiro atoms. The fourth-order valence-electron chi connectivity index (χ4n) is 4.03. The van der Waals surface area contributed by atoms with Crippen molar-refractivity contribution >= 4 is 34.6 Å². The maximum Gasteiger partial charge on any atom is 0.353 e. The normalized spacial score (nSPS) is 14.5. The molecule has 0 atom stereocenters. The van der Waals surface area contributed by atoms with E-state index in [0.717, 1.165) is 37.9 Å². The number of nitrogens with one attached hydrogen (secondary N) is 1. The quantitative estimate of drug-likeness (QED) is 0.402. The number of piperidine rings is 1. The van der Waals surface area contributed by atoms with Crippen molar-refractivity contribution in [3.8, 4) is 0 Å². The van der Waals surface area contributed by atoms with E-state index in [0.29, 0.717) is 22.4 Å². The van der Waals surface area contributed by atoms with Crippen LogP contribution in [0.4, 0.5) is 23.0 Å². The molecule has 160 valence electrons. The second-order valence-electron chi connectivity index (χ2n) is 7.81. The Bertz CT molecular complexity index is 1070. The molecule has 0 radical (unpaired) electrons. The lowest BCUT2D eigenvalue weighted by atomic mass is 9.90. The number of nitrogens with zero attached hydrogens (tertiary/aromatic N) is 4. The number of benzene rings is 2. The zero-order valence-corrected chi connectivity index (χ0v) is 18.0. The van der Waals surface area contributed by atoms with Gasteiger partial charge in [-0.25, -0.2) is 9.97 Å². The van der Waals surface area contributed by atoms with Gasteiger partial charge in [0.15, 0.2) is 0 Å². The Morgan fingerprint density at radius 2 is 1.87 bits per heavy atom. The zero-order valence-electron chi connectivity index (χ0n) is 17.3. The Morgan fingerprint density at radius 1 is 1.13 bits per heavy atom. The zero-order chi connectivity index (χ0) is 21.8. The Balaban J connectivity index is 1.53. The summed E-state index contributed by atoms with van der Waals surface area (Å²) in [6.07, 6.45) is 4.33. The van der Waals surface area contributed by atoms with Gasteiger partial charge in [-0.2, -0.15) is 0 Å². The summed E-state index contributed by atoms with van der Waals surface area (Å²) in [5, 5.41) is 15.6. The van der Waals surface area contributed by atoms with Crippen molar-refractivity contribution in [2.75, 3.05) is 23.3 Å². The molecule has 2 aromatic carbocycles. The minimum Gasteiger partial charge on any atom is -0.351 e. The first-order chi connectivity index (χ1) is 15.0. The predicted octanol–water partition coefficient (Wildman–Crippen LogP) is 5.55. The standard InChI is InChI=1S/C23H24ClN5O2/c1-16-19(24)8-5-9-20(16)27-22-21(29(30)31)23(26-15-25-22)28-12-10-18(11-13-28)14-17-6-3-2-4-7-17/h2-9,15,18H,10-14H2,1H3,(H,25,26,27). The summed E-state index contributed by atoms with van der Waals surface area (Å²) in [4.78, 5) is 22.0. The lowest BCUT2D eigenvalue weighted by Gasteiger charge is -2.32. The number of aromatic nitrogens is 2. The molecule has 0 aliphatic carbocycles. The molecule has 1 fully saturated rings. The molecule has 8 heteroatoms. The summed E-state index contributed by atoms with van der Waals surface area (Å²) in [6.45, 7) is 3.31. The molecule has 1 aliphatic heterocycles. The monoisotopic (exact) mass is 437 g/mol. The van der Waals surface area contributed by atoms with Crippen molar-refractivity contribution in [3.05, 3.63) is 81.1 Å². The summed E-state index contributed by atoms with van der Waals surface area (Å²) in [5.74, 6) is 1.10. The van der Waals surface area contributed by atoms with Crippen molar-refractivity contribution in [1.82, 2.24) is 9.97 Å². The largest absolute Gasteiger partial charge is 0.353 e. The molecule has 7 nitrogen and oxygen atoms in total. The van der Waals surface area contributed by atoms with Crippen molar-refractivity contribution in [2.45, 2.75) is 26.2 Å². The van der Waals surface area contributed by atoms with Crippen LogP contribution in [0.5, 0.6) is 0 Å². The molecule has 0 unspecified atom stereocenters. The average Bonchev–Trinajstić information content (AvgIpc) is 2.78. The van der Waals surface area contributed by atoms with E-state index in [1.807, 2.05) is 24.0 Å². The van der Waals surface area contributed by atoms with Gasteiger partial charge in [-0.1, -0.05) is 48.0 Å². The van der Waals surface area contributed by atoms with E-state index in [4.69, 9.17) is 11.6 Å². The number of anilines is 3. The number of nitro groups is 1. The van der Waals surface area contributed by atoms with Gasteiger partial charge in [0.05, 0.1) is 4.92 Å². The van der Waals surface area contributed by atoms with Crippen LogP contribution in [0.25, 0.3) is 0 Å². The summed E-state index contributed by atoms with van der Waals surface area (Å²) in [5.41, 5.74) is 2.71. The third kappa shape index (κ3) is 4.77. The van der Waals surface area contributed by atoms with E-state index >= 15 is 0 Å². The van der Waals surface area contributed by atoms with Gasteiger partial charge in [-0.3, -0.25) is 10.1 Å². The summed E-state index contributed by atoms with van der Waals surface area (Å²) >= 11 is 6.19. The van der Waals surface area contributed by atoms with Gasteiger partial charge in [-0.05, 0) is 55.4 Å². The maximum atomic E-state index is 12.0. The number of rotatable bonds is 6. The third-order valence-corrected chi connectivity index (χ3v) is 6.20. The second-order valence-corrected chi connectivity index (χ2v) is 8.22. The molecule has 31 heavy (non-hydrogen) atoms. The topological polar surface area (TPSA) is 84.2 Å². The van der Waals surface area contributed by atoms with Crippen LogP contribution >= 0.6 is 11.6 Å². The molecule has 1 aromatic heterocycles. The third-order valence-electron chi connectivity index (χ3n) is 5.79. The lowest BCUT2D eigenvalue weighted by Crippen LogP contribution is -2.35. The van der Waals surface area contributed by atoms with Crippen molar-refractivity contribution in [3.63, 3.8) is 0 Å². The van der Waals surface area contributed by atoms with E-state index in [1.54, 1.807) is 12.1 Å². The van der Waals surface area contributed by atoms with Crippen LogP contribution in [0.3, 0.4) is 0 Å². The van der Waals surface area contributed by atoms with Gasteiger partial charge in [-0.15, -0.1) is 0 Å². The Labute approximate surface area is 186 Å². The molecule has 0 bridgehead atoms. The van der Waals surface area contributed by atoms with Gasteiger partial charge >= 0.3 is 5.69 Å². The Morgan fingerprint density at radius 3 is 2.58 bits per heavy atom. The molecule has 2 heterocycles.